The van der Waals surface area contributed by atoms with E-state index in [1.807, 2.05) is 6.07 Å². The third-order valence-corrected chi connectivity index (χ3v) is 7.13. The van der Waals surface area contributed by atoms with E-state index >= 15 is 0 Å². The first kappa shape index (κ1) is 17.0. The number of aromatic nitrogens is 1. The fraction of sp³-hybridized carbons (Fsp3) is 0.619. The lowest BCUT2D eigenvalue weighted by Crippen LogP contribution is -2.41. The molecule has 0 unspecified atom stereocenters. The summed E-state index contributed by atoms with van der Waals surface area (Å²) < 4.78 is 1.24. The van der Waals surface area contributed by atoms with Gasteiger partial charge in [0.15, 0.2) is 0 Å². The molecule has 2 aliphatic rings. The topological polar surface area (TPSA) is 42.0 Å². The molecular weight excluding hydrogens is 328 g/mol. The number of carbonyl (C=O) groups excluding carboxylic acids is 1. The Morgan fingerprint density at radius 3 is 2.84 bits per heavy atom. The van der Waals surface area contributed by atoms with E-state index in [0.717, 1.165) is 35.2 Å². The minimum Gasteiger partial charge on any atom is -0.353 e. The van der Waals surface area contributed by atoms with E-state index in [9.17, 15) is 4.79 Å². The lowest BCUT2D eigenvalue weighted by molar-refractivity contribution is -0.122. The van der Waals surface area contributed by atoms with Gasteiger partial charge in [0.05, 0.1) is 15.2 Å². The van der Waals surface area contributed by atoms with Crippen LogP contribution in [0, 0.1) is 11.8 Å². The fourth-order valence-electron chi connectivity index (χ4n) is 4.73. The van der Waals surface area contributed by atoms with Gasteiger partial charge in [-0.15, -0.1) is 11.3 Å². The van der Waals surface area contributed by atoms with Crippen molar-refractivity contribution in [1.29, 1.82) is 0 Å². The second-order valence-corrected chi connectivity index (χ2v) is 8.93. The molecule has 4 heteroatoms. The molecule has 0 saturated heterocycles. The molecular formula is C21H28N2OS. The van der Waals surface area contributed by atoms with Gasteiger partial charge in [0, 0.05) is 12.5 Å². The second-order valence-electron chi connectivity index (χ2n) is 7.81. The van der Waals surface area contributed by atoms with Crippen molar-refractivity contribution in [3.8, 4) is 0 Å². The first-order valence-corrected chi connectivity index (χ1v) is 10.7. The zero-order valence-electron chi connectivity index (χ0n) is 14.9. The van der Waals surface area contributed by atoms with Crippen LogP contribution in [-0.2, 0) is 11.2 Å². The van der Waals surface area contributed by atoms with Crippen LogP contribution in [0.2, 0.25) is 0 Å². The van der Waals surface area contributed by atoms with Crippen LogP contribution in [0.15, 0.2) is 24.3 Å². The van der Waals surface area contributed by atoms with Crippen LogP contribution in [-0.4, -0.2) is 16.9 Å². The van der Waals surface area contributed by atoms with Crippen molar-refractivity contribution in [2.24, 2.45) is 11.8 Å². The van der Waals surface area contributed by atoms with E-state index < -0.39 is 0 Å². The van der Waals surface area contributed by atoms with Crippen molar-refractivity contribution in [2.75, 3.05) is 0 Å². The Kier molecular flexibility index (Phi) is 5.35. The SMILES string of the molecule is O=C(CCCc1nc2ccccc2s1)N[C@@H]1CC[C@H]2CCCC[C@@H]2C1. The molecule has 0 aliphatic heterocycles. The van der Waals surface area contributed by atoms with Gasteiger partial charge < -0.3 is 5.32 Å². The molecule has 0 bridgehead atoms. The maximum atomic E-state index is 12.3. The van der Waals surface area contributed by atoms with E-state index in [4.69, 9.17) is 0 Å². The smallest absolute Gasteiger partial charge is 0.220 e. The molecule has 25 heavy (non-hydrogen) atoms. The molecule has 2 saturated carbocycles. The van der Waals surface area contributed by atoms with Crippen molar-refractivity contribution >= 4 is 27.5 Å². The van der Waals surface area contributed by atoms with E-state index in [2.05, 4.69) is 28.5 Å². The van der Waals surface area contributed by atoms with Crippen molar-refractivity contribution < 1.29 is 4.79 Å². The third-order valence-electron chi connectivity index (χ3n) is 6.04. The van der Waals surface area contributed by atoms with Gasteiger partial charge in [0.1, 0.15) is 0 Å². The highest BCUT2D eigenvalue weighted by Crippen LogP contribution is 2.40. The summed E-state index contributed by atoms with van der Waals surface area (Å²) in [4.78, 5) is 17.0. The Morgan fingerprint density at radius 1 is 1.12 bits per heavy atom. The maximum absolute atomic E-state index is 12.3. The van der Waals surface area contributed by atoms with Crippen LogP contribution in [0.1, 0.15) is 62.8 Å². The molecule has 2 aromatic rings. The number of carbonyl (C=O) groups is 1. The van der Waals surface area contributed by atoms with E-state index in [1.54, 1.807) is 11.3 Å². The highest BCUT2D eigenvalue weighted by atomic mass is 32.1. The first-order chi connectivity index (χ1) is 12.3. The zero-order chi connectivity index (χ0) is 17.1. The zero-order valence-corrected chi connectivity index (χ0v) is 15.7. The van der Waals surface area contributed by atoms with Gasteiger partial charge in [0.2, 0.25) is 5.91 Å². The molecule has 1 aromatic heterocycles. The molecule has 1 heterocycles. The Labute approximate surface area is 154 Å². The second kappa shape index (κ2) is 7.86. The molecule has 2 fully saturated rings. The summed E-state index contributed by atoms with van der Waals surface area (Å²) in [5, 5.41) is 4.46. The summed E-state index contributed by atoms with van der Waals surface area (Å²) >= 11 is 1.75. The Bertz CT molecular complexity index is 693. The normalized spacial score (nSPS) is 26.3. The first-order valence-electron chi connectivity index (χ1n) is 9.92. The monoisotopic (exact) mass is 356 g/mol. The number of hydrogen-bond acceptors (Lipinski definition) is 3. The summed E-state index contributed by atoms with van der Waals surface area (Å²) in [7, 11) is 0. The predicted octanol–water partition coefficient (Wildman–Crippen LogP) is 5.09. The van der Waals surface area contributed by atoms with Crippen molar-refractivity contribution in [1.82, 2.24) is 10.3 Å². The van der Waals surface area contributed by atoms with Gasteiger partial charge in [-0.3, -0.25) is 4.79 Å². The number of para-hydroxylation sites is 1. The van der Waals surface area contributed by atoms with Gasteiger partial charge in [-0.05, 0) is 56.1 Å². The van der Waals surface area contributed by atoms with Gasteiger partial charge >= 0.3 is 0 Å². The lowest BCUT2D eigenvalue weighted by Gasteiger charge is -2.39. The number of rotatable bonds is 5. The van der Waals surface area contributed by atoms with Crippen molar-refractivity contribution in [3.05, 3.63) is 29.3 Å². The summed E-state index contributed by atoms with van der Waals surface area (Å²) in [6.07, 6.45) is 11.8. The van der Waals surface area contributed by atoms with Crippen LogP contribution in [0.4, 0.5) is 0 Å². The number of nitrogens with zero attached hydrogens (tertiary/aromatic N) is 1. The number of amides is 1. The van der Waals surface area contributed by atoms with Crippen molar-refractivity contribution in [3.63, 3.8) is 0 Å². The largest absolute Gasteiger partial charge is 0.353 e. The molecule has 1 N–H and O–H groups in total. The summed E-state index contributed by atoms with van der Waals surface area (Å²) in [6.45, 7) is 0. The van der Waals surface area contributed by atoms with Gasteiger partial charge in [-0.2, -0.15) is 0 Å². The van der Waals surface area contributed by atoms with E-state index in [-0.39, 0.29) is 5.91 Å². The molecule has 1 amide bonds. The predicted molar refractivity (Wildman–Crippen MR) is 104 cm³/mol. The van der Waals surface area contributed by atoms with Gasteiger partial charge in [0.25, 0.3) is 0 Å². The van der Waals surface area contributed by atoms with E-state index in [1.165, 1.54) is 49.6 Å². The Hall–Kier alpha value is -1.42. The van der Waals surface area contributed by atoms with E-state index in [0.29, 0.717) is 12.5 Å². The number of hydrogen-bond donors (Lipinski definition) is 1. The molecule has 2 aliphatic carbocycles. The van der Waals surface area contributed by atoms with Crippen LogP contribution < -0.4 is 5.32 Å². The molecule has 4 rings (SSSR count). The molecule has 3 nitrogen and oxygen atoms in total. The van der Waals surface area contributed by atoms with Crippen LogP contribution in [0.25, 0.3) is 10.2 Å². The molecule has 134 valence electrons. The average Bonchev–Trinajstić information content (AvgIpc) is 3.04. The van der Waals surface area contributed by atoms with Crippen molar-refractivity contribution in [2.45, 2.75) is 70.3 Å². The summed E-state index contributed by atoms with van der Waals surface area (Å²) in [6, 6.07) is 8.68. The number of fused-ring (bicyclic) bond motifs is 2. The molecule has 1 aromatic carbocycles. The standard InChI is InChI=1S/C21H28N2OS/c24-20(22-17-13-12-15-6-1-2-7-16(15)14-17)10-5-11-21-23-18-8-3-4-9-19(18)25-21/h3-4,8-9,15-17H,1-2,5-7,10-14H2,(H,22,24)/t15-,16-,17-/m1/s1. The van der Waals surface area contributed by atoms with Crippen LogP contribution >= 0.6 is 11.3 Å². The number of benzene rings is 1. The number of thiazole rings is 1. The third kappa shape index (κ3) is 4.22. The molecule has 0 radical (unpaired) electrons. The fourth-order valence-corrected chi connectivity index (χ4v) is 5.74. The minimum atomic E-state index is 0.236. The highest BCUT2D eigenvalue weighted by Gasteiger charge is 2.32. The van der Waals surface area contributed by atoms with Crippen LogP contribution in [0.5, 0.6) is 0 Å². The number of nitrogens with one attached hydrogen (secondary N) is 1. The summed E-state index contributed by atoms with van der Waals surface area (Å²) in [5.74, 6) is 2.05. The Morgan fingerprint density at radius 2 is 1.96 bits per heavy atom. The number of aryl methyl sites for hydroxylation is 1. The lowest BCUT2D eigenvalue weighted by atomic mass is 9.69. The summed E-state index contributed by atoms with van der Waals surface area (Å²) in [5.41, 5.74) is 1.08. The Balaban J connectivity index is 1.21. The molecule has 3 atom stereocenters. The van der Waals surface area contributed by atoms with Gasteiger partial charge in [-0.25, -0.2) is 4.98 Å². The maximum Gasteiger partial charge on any atom is 0.220 e. The quantitative estimate of drug-likeness (QED) is 0.810. The van der Waals surface area contributed by atoms with Gasteiger partial charge in [-0.1, -0.05) is 37.8 Å². The molecule has 0 spiro atoms. The van der Waals surface area contributed by atoms with Crippen LogP contribution in [0.3, 0.4) is 0 Å². The minimum absolute atomic E-state index is 0.236. The highest BCUT2D eigenvalue weighted by molar-refractivity contribution is 7.18. The average molecular weight is 357 g/mol.